The largest absolute Gasteiger partial charge is 0.497 e. The number of ether oxygens (including phenoxy) is 1. The summed E-state index contributed by atoms with van der Waals surface area (Å²) in [6.45, 7) is 0.464. The maximum absolute atomic E-state index is 12.1. The second kappa shape index (κ2) is 9.77. The normalized spacial score (nSPS) is 12.0. The second-order valence-electron chi connectivity index (χ2n) is 6.30. The minimum atomic E-state index is -0.0639. The van der Waals surface area contributed by atoms with Gasteiger partial charge in [-0.25, -0.2) is 0 Å². The van der Waals surface area contributed by atoms with Crippen molar-refractivity contribution >= 4 is 11.7 Å². The van der Waals surface area contributed by atoms with Crippen LogP contribution in [0.2, 0.25) is 0 Å². The van der Waals surface area contributed by atoms with Gasteiger partial charge in [0.2, 0.25) is 5.91 Å². The van der Waals surface area contributed by atoms with Crippen molar-refractivity contribution in [2.45, 2.75) is 25.3 Å². The fourth-order valence-electron chi connectivity index (χ4n) is 2.65. The van der Waals surface area contributed by atoms with Crippen LogP contribution >= 0.6 is 0 Å². The molecule has 2 aromatic rings. The molecule has 0 saturated heterocycles. The van der Waals surface area contributed by atoms with Crippen molar-refractivity contribution in [2.75, 3.05) is 27.7 Å². The van der Waals surface area contributed by atoms with Gasteiger partial charge < -0.3 is 14.5 Å². The van der Waals surface area contributed by atoms with Crippen molar-refractivity contribution < 1.29 is 18.7 Å². The summed E-state index contributed by atoms with van der Waals surface area (Å²) >= 11 is 0. The lowest BCUT2D eigenvalue weighted by molar-refractivity contribution is -0.121. The van der Waals surface area contributed by atoms with Gasteiger partial charge in [-0.1, -0.05) is 0 Å². The molecular formula is C20H26N2O4. The number of methoxy groups -OCH3 is 1. The number of amides is 1. The summed E-state index contributed by atoms with van der Waals surface area (Å²) in [5, 5.41) is 2.91. The zero-order valence-corrected chi connectivity index (χ0v) is 15.5. The summed E-state index contributed by atoms with van der Waals surface area (Å²) in [5.41, 5.74) is 0.636. The van der Waals surface area contributed by atoms with E-state index < -0.39 is 0 Å². The van der Waals surface area contributed by atoms with E-state index in [1.54, 1.807) is 37.6 Å². The third-order valence-corrected chi connectivity index (χ3v) is 4.21. The number of Topliss-reactive ketones (excluding diaryl/α,β-unsaturated/α-hetero) is 1. The lowest BCUT2D eigenvalue weighted by atomic mass is 10.1. The quantitative estimate of drug-likeness (QED) is 0.661. The summed E-state index contributed by atoms with van der Waals surface area (Å²) in [6, 6.07) is 10.7. The maximum Gasteiger partial charge on any atom is 0.220 e. The molecule has 6 nitrogen and oxygen atoms in total. The summed E-state index contributed by atoms with van der Waals surface area (Å²) in [4.78, 5) is 26.2. The Morgan fingerprint density at radius 2 is 1.88 bits per heavy atom. The van der Waals surface area contributed by atoms with Crippen LogP contribution in [0.4, 0.5) is 0 Å². The Hall–Kier alpha value is -2.60. The number of furan rings is 1. The van der Waals surface area contributed by atoms with E-state index in [0.29, 0.717) is 37.1 Å². The Morgan fingerprint density at radius 1 is 1.15 bits per heavy atom. The van der Waals surface area contributed by atoms with Crippen LogP contribution in [0.1, 0.15) is 41.4 Å². The highest BCUT2D eigenvalue weighted by Gasteiger charge is 2.17. The fraction of sp³-hybridized carbons (Fsp3) is 0.400. The van der Waals surface area contributed by atoms with Crippen LogP contribution in [-0.2, 0) is 4.79 Å². The van der Waals surface area contributed by atoms with Crippen molar-refractivity contribution in [1.82, 2.24) is 10.2 Å². The first kappa shape index (κ1) is 19.7. The molecule has 0 spiro atoms. The minimum absolute atomic E-state index is 0.0186. The monoisotopic (exact) mass is 358 g/mol. The van der Waals surface area contributed by atoms with Gasteiger partial charge in [0.05, 0.1) is 19.4 Å². The van der Waals surface area contributed by atoms with Crippen LogP contribution in [0.5, 0.6) is 5.75 Å². The number of carbonyl (C=O) groups excluding carboxylic acids is 2. The highest BCUT2D eigenvalue weighted by molar-refractivity contribution is 5.96. The van der Waals surface area contributed by atoms with Crippen molar-refractivity contribution in [2.24, 2.45) is 0 Å². The summed E-state index contributed by atoms with van der Waals surface area (Å²) in [7, 11) is 5.46. The molecule has 1 amide bonds. The van der Waals surface area contributed by atoms with Crippen molar-refractivity contribution in [3.05, 3.63) is 54.0 Å². The Labute approximate surface area is 154 Å². The standard InChI is InChI=1S/C20H26N2O4/c1-22(2)17(19-7-5-13-26-19)14-21-20(24)8-4-6-18(23)15-9-11-16(25-3)12-10-15/h5,7,9-13,17H,4,6,8,14H2,1-3H3,(H,21,24). The van der Waals surface area contributed by atoms with E-state index in [2.05, 4.69) is 5.32 Å². The topological polar surface area (TPSA) is 71.8 Å². The van der Waals surface area contributed by atoms with Gasteiger partial charge in [0.1, 0.15) is 11.5 Å². The number of nitrogens with zero attached hydrogens (tertiary/aromatic N) is 1. The van der Waals surface area contributed by atoms with Crippen molar-refractivity contribution in [3.8, 4) is 5.75 Å². The average Bonchev–Trinajstić information content (AvgIpc) is 3.16. The highest BCUT2D eigenvalue weighted by atomic mass is 16.5. The van der Waals surface area contributed by atoms with E-state index in [0.717, 1.165) is 5.76 Å². The molecule has 2 rings (SSSR count). The molecule has 0 bridgehead atoms. The molecule has 1 atom stereocenters. The number of rotatable bonds is 10. The van der Waals surface area contributed by atoms with Gasteiger partial charge in [0.25, 0.3) is 0 Å². The van der Waals surface area contributed by atoms with Crippen LogP contribution < -0.4 is 10.1 Å². The number of ketones is 1. The first-order chi connectivity index (χ1) is 12.5. The number of carbonyl (C=O) groups is 2. The molecule has 26 heavy (non-hydrogen) atoms. The van der Waals surface area contributed by atoms with E-state index in [4.69, 9.17) is 9.15 Å². The van der Waals surface area contributed by atoms with Gasteiger partial charge >= 0.3 is 0 Å². The van der Waals surface area contributed by atoms with E-state index >= 15 is 0 Å². The van der Waals surface area contributed by atoms with E-state index in [1.165, 1.54) is 0 Å². The molecule has 0 radical (unpaired) electrons. The second-order valence-corrected chi connectivity index (χ2v) is 6.30. The average molecular weight is 358 g/mol. The summed E-state index contributed by atoms with van der Waals surface area (Å²) < 4.78 is 10.5. The van der Waals surface area contributed by atoms with Crippen LogP contribution in [0, 0.1) is 0 Å². The number of likely N-dealkylation sites (N-methyl/N-ethyl adjacent to an activating group) is 1. The maximum atomic E-state index is 12.1. The third-order valence-electron chi connectivity index (χ3n) is 4.21. The molecule has 1 heterocycles. The number of nitrogens with one attached hydrogen (secondary N) is 1. The molecule has 140 valence electrons. The summed E-state index contributed by atoms with van der Waals surface area (Å²) in [5.74, 6) is 1.49. The molecular weight excluding hydrogens is 332 g/mol. The van der Waals surface area contributed by atoms with E-state index in [-0.39, 0.29) is 17.7 Å². The van der Waals surface area contributed by atoms with Gasteiger partial charge in [-0.05, 0) is 56.9 Å². The van der Waals surface area contributed by atoms with Crippen molar-refractivity contribution in [3.63, 3.8) is 0 Å². The predicted molar refractivity (Wildman–Crippen MR) is 99.3 cm³/mol. The molecule has 0 aliphatic rings. The predicted octanol–water partition coefficient (Wildman–Crippen LogP) is 3.06. The molecule has 6 heteroatoms. The Kier molecular flexibility index (Phi) is 7.41. The Bertz CT molecular complexity index is 693. The van der Waals surface area contributed by atoms with Crippen LogP contribution in [0.15, 0.2) is 47.1 Å². The highest BCUT2D eigenvalue weighted by Crippen LogP contribution is 2.18. The summed E-state index contributed by atoms with van der Waals surface area (Å²) in [6.07, 6.45) is 2.80. The van der Waals surface area contributed by atoms with Gasteiger partial charge in [-0.2, -0.15) is 0 Å². The fourth-order valence-corrected chi connectivity index (χ4v) is 2.65. The zero-order chi connectivity index (χ0) is 18.9. The van der Waals surface area contributed by atoms with Crippen LogP contribution in [0.25, 0.3) is 0 Å². The third kappa shape index (κ3) is 5.74. The van der Waals surface area contributed by atoms with Crippen LogP contribution in [0.3, 0.4) is 0 Å². The number of hydrogen-bond acceptors (Lipinski definition) is 5. The van der Waals surface area contributed by atoms with E-state index in [9.17, 15) is 9.59 Å². The van der Waals surface area contributed by atoms with Gasteiger partial charge in [-0.3, -0.25) is 14.5 Å². The molecule has 1 aromatic heterocycles. The van der Waals surface area contributed by atoms with Gasteiger partial charge in [-0.15, -0.1) is 0 Å². The smallest absolute Gasteiger partial charge is 0.220 e. The minimum Gasteiger partial charge on any atom is -0.497 e. The molecule has 0 aliphatic carbocycles. The number of hydrogen-bond donors (Lipinski definition) is 1. The SMILES string of the molecule is COc1ccc(C(=O)CCCC(=O)NCC(c2ccco2)N(C)C)cc1. The Morgan fingerprint density at radius 3 is 2.46 bits per heavy atom. The number of benzene rings is 1. The zero-order valence-electron chi connectivity index (χ0n) is 15.5. The van der Waals surface area contributed by atoms with Crippen molar-refractivity contribution in [1.29, 1.82) is 0 Å². The first-order valence-corrected chi connectivity index (χ1v) is 8.65. The molecule has 1 N–H and O–H groups in total. The first-order valence-electron chi connectivity index (χ1n) is 8.65. The molecule has 1 aromatic carbocycles. The van der Waals surface area contributed by atoms with Gasteiger partial charge in [0, 0.05) is 24.9 Å². The molecule has 0 fully saturated rings. The lowest BCUT2D eigenvalue weighted by Crippen LogP contribution is -2.34. The molecule has 0 aliphatic heterocycles. The van der Waals surface area contributed by atoms with Crippen LogP contribution in [-0.4, -0.2) is 44.3 Å². The molecule has 0 saturated carbocycles. The van der Waals surface area contributed by atoms with E-state index in [1.807, 2.05) is 31.1 Å². The Balaban J connectivity index is 1.73. The van der Waals surface area contributed by atoms with Gasteiger partial charge in [0.15, 0.2) is 5.78 Å². The lowest BCUT2D eigenvalue weighted by Gasteiger charge is -2.22. The molecule has 1 unspecified atom stereocenters.